The number of guanidine groups is 1. The van der Waals surface area contributed by atoms with E-state index in [1.54, 1.807) is 12.1 Å². The Morgan fingerprint density at radius 2 is 1.86 bits per heavy atom. The van der Waals surface area contributed by atoms with Crippen molar-refractivity contribution in [2.75, 3.05) is 19.6 Å². The van der Waals surface area contributed by atoms with Crippen molar-refractivity contribution < 1.29 is 0 Å². The highest BCUT2D eigenvalue weighted by Gasteiger charge is 2.10. The molecule has 1 fully saturated rings. The molecule has 0 spiro atoms. The molecular formula is C15H22ClN5. The van der Waals surface area contributed by atoms with E-state index >= 15 is 0 Å². The Bertz CT molecular complexity index is 519. The first kappa shape index (κ1) is 15.6. The lowest BCUT2D eigenvalue weighted by molar-refractivity contribution is 0.429. The Balaban J connectivity index is 1.95. The predicted octanol–water partition coefficient (Wildman–Crippen LogP) is 2.52. The van der Waals surface area contributed by atoms with Crippen molar-refractivity contribution >= 4 is 29.1 Å². The summed E-state index contributed by atoms with van der Waals surface area (Å²) in [5.74, 6) is 0.983. The smallest absolute Gasteiger partial charge is 0.191 e. The summed E-state index contributed by atoms with van der Waals surface area (Å²) in [5, 5.41) is 0.636. The molecule has 0 aromatic heterocycles. The van der Waals surface area contributed by atoms with Gasteiger partial charge in [0.25, 0.3) is 0 Å². The zero-order chi connectivity index (χ0) is 15.1. The highest BCUT2D eigenvalue weighted by molar-refractivity contribution is 6.30. The molecule has 114 valence electrons. The van der Waals surface area contributed by atoms with E-state index in [4.69, 9.17) is 23.1 Å². The summed E-state index contributed by atoms with van der Waals surface area (Å²) in [6.45, 7) is 2.25. The van der Waals surface area contributed by atoms with Gasteiger partial charge in [-0.15, -0.1) is 0 Å². The van der Waals surface area contributed by atoms with E-state index < -0.39 is 0 Å². The van der Waals surface area contributed by atoms with Gasteiger partial charge in [0.1, 0.15) is 12.4 Å². The number of hydrogen-bond donors (Lipinski definition) is 2. The van der Waals surface area contributed by atoms with Crippen molar-refractivity contribution in [2.45, 2.75) is 25.7 Å². The number of aliphatic imine (C=N–C) groups is 2. The molecular weight excluding hydrogens is 286 g/mol. The van der Waals surface area contributed by atoms with Gasteiger partial charge >= 0.3 is 0 Å². The molecule has 1 aromatic rings. The number of nitrogens with zero attached hydrogens (tertiary/aromatic N) is 3. The lowest BCUT2D eigenvalue weighted by Gasteiger charge is -2.20. The molecule has 0 saturated carbocycles. The number of amidine groups is 1. The molecule has 1 aliphatic heterocycles. The first-order valence-electron chi connectivity index (χ1n) is 7.28. The Morgan fingerprint density at radius 3 is 2.52 bits per heavy atom. The number of nitrogens with two attached hydrogens (primary N) is 2. The van der Waals surface area contributed by atoms with Crippen LogP contribution in [0.15, 0.2) is 34.3 Å². The Hall–Kier alpha value is -1.75. The van der Waals surface area contributed by atoms with Crippen molar-refractivity contribution in [3.63, 3.8) is 0 Å². The average Bonchev–Trinajstić information content (AvgIpc) is 2.74. The van der Waals surface area contributed by atoms with Crippen LogP contribution in [0.25, 0.3) is 0 Å². The number of benzene rings is 1. The fourth-order valence-electron chi connectivity index (χ4n) is 2.31. The van der Waals surface area contributed by atoms with Crippen LogP contribution in [0.1, 0.15) is 25.7 Å². The maximum absolute atomic E-state index is 6.03. The summed E-state index contributed by atoms with van der Waals surface area (Å²) < 4.78 is 0. The zero-order valence-corrected chi connectivity index (χ0v) is 12.9. The van der Waals surface area contributed by atoms with Crippen molar-refractivity contribution in [2.24, 2.45) is 21.5 Å². The minimum atomic E-state index is 0.300. The van der Waals surface area contributed by atoms with Crippen molar-refractivity contribution in [3.05, 3.63) is 29.3 Å². The topological polar surface area (TPSA) is 80.0 Å². The lowest BCUT2D eigenvalue weighted by atomic mass is 10.2. The molecule has 0 atom stereocenters. The third-order valence-corrected chi connectivity index (χ3v) is 3.65. The van der Waals surface area contributed by atoms with E-state index in [9.17, 15) is 0 Å². The van der Waals surface area contributed by atoms with E-state index in [1.165, 1.54) is 25.7 Å². The van der Waals surface area contributed by atoms with Crippen molar-refractivity contribution in [3.8, 4) is 0 Å². The minimum absolute atomic E-state index is 0.300. The van der Waals surface area contributed by atoms with Crippen LogP contribution >= 0.6 is 11.6 Å². The molecule has 1 aliphatic rings. The number of halogens is 1. The second-order valence-corrected chi connectivity index (χ2v) is 5.60. The normalized spacial score (nSPS) is 17.7. The second-order valence-electron chi connectivity index (χ2n) is 5.16. The van der Waals surface area contributed by atoms with Gasteiger partial charge in [0.05, 0.1) is 5.69 Å². The van der Waals surface area contributed by atoms with Gasteiger partial charge in [-0.05, 0) is 31.0 Å². The van der Waals surface area contributed by atoms with Crippen LogP contribution in [-0.2, 0) is 0 Å². The fourth-order valence-corrected chi connectivity index (χ4v) is 2.49. The van der Waals surface area contributed by atoms with Crippen molar-refractivity contribution in [1.82, 2.24) is 4.90 Å². The van der Waals surface area contributed by atoms with Crippen LogP contribution in [0.5, 0.6) is 0 Å². The maximum atomic E-state index is 6.03. The molecule has 0 aliphatic carbocycles. The first-order valence-corrected chi connectivity index (χ1v) is 7.66. The van der Waals surface area contributed by atoms with Gasteiger partial charge in [0.2, 0.25) is 0 Å². The summed E-state index contributed by atoms with van der Waals surface area (Å²) in [4.78, 5) is 10.7. The average molecular weight is 308 g/mol. The maximum Gasteiger partial charge on any atom is 0.191 e. The van der Waals surface area contributed by atoms with Crippen LogP contribution in [0.4, 0.5) is 5.69 Å². The van der Waals surface area contributed by atoms with Gasteiger partial charge in [-0.2, -0.15) is 0 Å². The molecule has 0 unspecified atom stereocenters. The number of hydrogen-bond acceptors (Lipinski definition) is 2. The van der Waals surface area contributed by atoms with Gasteiger partial charge in [0, 0.05) is 18.1 Å². The summed E-state index contributed by atoms with van der Waals surface area (Å²) in [6, 6.07) is 7.24. The van der Waals surface area contributed by atoms with E-state index in [0.717, 1.165) is 18.8 Å². The van der Waals surface area contributed by atoms with Crippen LogP contribution < -0.4 is 11.5 Å². The fraction of sp³-hybridized carbons (Fsp3) is 0.467. The monoisotopic (exact) mass is 307 g/mol. The Morgan fingerprint density at radius 1 is 1.14 bits per heavy atom. The second kappa shape index (κ2) is 7.88. The largest absolute Gasteiger partial charge is 0.386 e. The molecule has 5 nitrogen and oxygen atoms in total. The molecule has 0 amide bonds. The van der Waals surface area contributed by atoms with Crippen LogP contribution in [0, 0.1) is 0 Å². The van der Waals surface area contributed by atoms with Gasteiger partial charge in [0.15, 0.2) is 5.96 Å². The molecule has 0 bridgehead atoms. The zero-order valence-electron chi connectivity index (χ0n) is 12.1. The minimum Gasteiger partial charge on any atom is -0.386 e. The third-order valence-electron chi connectivity index (χ3n) is 3.41. The summed E-state index contributed by atoms with van der Waals surface area (Å²) in [7, 11) is 0. The van der Waals surface area contributed by atoms with Gasteiger partial charge < -0.3 is 16.4 Å². The molecule has 1 saturated heterocycles. The van der Waals surface area contributed by atoms with Crippen LogP contribution in [0.3, 0.4) is 0 Å². The van der Waals surface area contributed by atoms with Crippen LogP contribution in [0.2, 0.25) is 5.02 Å². The SMILES string of the molecule is NC(CN=C(N)N1CCCCCC1)=Nc1cccc(Cl)c1. The highest BCUT2D eigenvalue weighted by atomic mass is 35.5. The summed E-state index contributed by atoms with van der Waals surface area (Å²) in [5.41, 5.74) is 12.6. The molecule has 6 heteroatoms. The van der Waals surface area contributed by atoms with Gasteiger partial charge in [-0.25, -0.2) is 9.98 Å². The van der Waals surface area contributed by atoms with Gasteiger partial charge in [-0.3, -0.25) is 0 Å². The van der Waals surface area contributed by atoms with E-state index in [2.05, 4.69) is 14.9 Å². The Labute approximate surface area is 130 Å². The molecule has 4 N–H and O–H groups in total. The van der Waals surface area contributed by atoms with Crippen molar-refractivity contribution in [1.29, 1.82) is 0 Å². The Kier molecular flexibility index (Phi) is 5.87. The summed E-state index contributed by atoms with van der Waals surface area (Å²) in [6.07, 6.45) is 4.87. The molecule has 0 radical (unpaired) electrons. The van der Waals surface area contributed by atoms with E-state index in [1.807, 2.05) is 12.1 Å². The quantitative estimate of drug-likeness (QED) is 0.665. The molecule has 1 aromatic carbocycles. The number of rotatable bonds is 3. The third kappa shape index (κ3) is 5.27. The molecule has 2 rings (SSSR count). The van der Waals surface area contributed by atoms with Gasteiger partial charge in [-0.1, -0.05) is 30.5 Å². The standard InChI is InChI=1S/C15H22ClN5/c16-12-6-5-7-13(10-12)20-14(17)11-19-15(18)21-8-3-1-2-4-9-21/h5-7,10H,1-4,8-9,11H2,(H2,17,20)(H2,18,19). The van der Waals surface area contributed by atoms with E-state index in [0.29, 0.717) is 23.4 Å². The summed E-state index contributed by atoms with van der Waals surface area (Å²) >= 11 is 5.91. The highest BCUT2D eigenvalue weighted by Crippen LogP contribution is 2.17. The molecule has 1 heterocycles. The van der Waals surface area contributed by atoms with E-state index in [-0.39, 0.29) is 0 Å². The number of likely N-dealkylation sites (tertiary alicyclic amines) is 1. The predicted molar refractivity (Wildman–Crippen MR) is 89.3 cm³/mol. The lowest BCUT2D eigenvalue weighted by Crippen LogP contribution is -2.38. The van der Waals surface area contributed by atoms with Crippen LogP contribution in [-0.4, -0.2) is 36.3 Å². The first-order chi connectivity index (χ1) is 10.1. The molecule has 21 heavy (non-hydrogen) atoms.